The number of carbonyl (C=O) groups excluding carboxylic acids is 1. The lowest BCUT2D eigenvalue weighted by molar-refractivity contribution is 0.0991. The second-order valence-corrected chi connectivity index (χ2v) is 4.36. The summed E-state index contributed by atoms with van der Waals surface area (Å²) in [7, 11) is 1.63. The fraction of sp³-hybridized carbons (Fsp3) is 0.267. The van der Waals surface area contributed by atoms with Gasteiger partial charge in [-0.05, 0) is 37.1 Å². The Balaban J connectivity index is 2.27. The third-order valence-electron chi connectivity index (χ3n) is 3.22. The molecule has 98 valence electrons. The molecule has 0 amide bonds. The summed E-state index contributed by atoms with van der Waals surface area (Å²) in [6.45, 7) is 3.88. The van der Waals surface area contributed by atoms with Gasteiger partial charge in [-0.25, -0.2) is 0 Å². The number of aromatic nitrogens is 2. The average Bonchev–Trinajstić information content (AvgIpc) is 2.42. The van der Waals surface area contributed by atoms with Crippen molar-refractivity contribution in [1.82, 2.24) is 9.97 Å². The summed E-state index contributed by atoms with van der Waals surface area (Å²) in [6, 6.07) is 3.63. The third kappa shape index (κ3) is 2.78. The van der Waals surface area contributed by atoms with Gasteiger partial charge in [-0.1, -0.05) is 0 Å². The minimum Gasteiger partial charge on any atom is -0.496 e. The molecular weight excluding hydrogens is 240 g/mol. The molecule has 0 fully saturated rings. The molecule has 1 aromatic carbocycles. The highest BCUT2D eigenvalue weighted by Gasteiger charge is 2.14. The van der Waals surface area contributed by atoms with Crippen LogP contribution >= 0.6 is 0 Å². The Bertz CT molecular complexity index is 595. The van der Waals surface area contributed by atoms with Crippen LogP contribution in [0.2, 0.25) is 0 Å². The first-order chi connectivity index (χ1) is 9.13. The number of benzene rings is 1. The van der Waals surface area contributed by atoms with Crippen molar-refractivity contribution < 1.29 is 9.53 Å². The lowest BCUT2D eigenvalue weighted by atomic mass is 9.97. The smallest absolute Gasteiger partial charge is 0.169 e. The van der Waals surface area contributed by atoms with Crippen LogP contribution in [0.5, 0.6) is 5.75 Å². The van der Waals surface area contributed by atoms with E-state index in [1.54, 1.807) is 31.8 Å². The average molecular weight is 256 g/mol. The highest BCUT2D eigenvalue weighted by molar-refractivity contribution is 5.99. The normalized spacial score (nSPS) is 10.3. The summed E-state index contributed by atoms with van der Waals surface area (Å²) in [5.41, 5.74) is 3.34. The van der Waals surface area contributed by atoms with Crippen molar-refractivity contribution in [3.63, 3.8) is 0 Å². The van der Waals surface area contributed by atoms with Gasteiger partial charge in [0.15, 0.2) is 5.78 Å². The zero-order valence-corrected chi connectivity index (χ0v) is 11.3. The highest BCUT2D eigenvalue weighted by Crippen LogP contribution is 2.24. The van der Waals surface area contributed by atoms with Crippen LogP contribution in [0, 0.1) is 13.8 Å². The van der Waals surface area contributed by atoms with Crippen molar-refractivity contribution in [3.8, 4) is 5.75 Å². The number of nitrogens with zero attached hydrogens (tertiary/aromatic N) is 2. The summed E-state index contributed by atoms with van der Waals surface area (Å²) in [5, 5.41) is 0. The first kappa shape index (κ1) is 13.2. The zero-order valence-electron chi connectivity index (χ0n) is 11.3. The Hall–Kier alpha value is -2.23. The Kier molecular flexibility index (Phi) is 3.90. The first-order valence-corrected chi connectivity index (χ1v) is 6.05. The summed E-state index contributed by atoms with van der Waals surface area (Å²) < 4.78 is 5.25. The van der Waals surface area contributed by atoms with Gasteiger partial charge < -0.3 is 4.74 Å². The fourth-order valence-corrected chi connectivity index (χ4v) is 2.00. The van der Waals surface area contributed by atoms with Gasteiger partial charge in [0.25, 0.3) is 0 Å². The molecule has 0 radical (unpaired) electrons. The molecule has 4 heteroatoms. The molecule has 0 aliphatic heterocycles. The number of rotatable bonds is 4. The number of carbonyl (C=O) groups is 1. The van der Waals surface area contributed by atoms with Gasteiger partial charge in [0, 0.05) is 24.2 Å². The van der Waals surface area contributed by atoms with E-state index in [0.717, 1.165) is 16.9 Å². The molecule has 4 nitrogen and oxygen atoms in total. The molecule has 0 saturated heterocycles. The quantitative estimate of drug-likeness (QED) is 0.789. The Morgan fingerprint density at radius 2 is 2.00 bits per heavy atom. The molecule has 0 saturated carbocycles. The molecule has 0 atom stereocenters. The van der Waals surface area contributed by atoms with Crippen molar-refractivity contribution in [2.75, 3.05) is 7.11 Å². The van der Waals surface area contributed by atoms with Gasteiger partial charge in [-0.3, -0.25) is 14.8 Å². The molecule has 0 aliphatic rings. The topological polar surface area (TPSA) is 52.1 Å². The minimum absolute atomic E-state index is 0.0451. The lowest BCUT2D eigenvalue weighted by Crippen LogP contribution is -2.08. The second-order valence-electron chi connectivity index (χ2n) is 4.36. The van der Waals surface area contributed by atoms with E-state index >= 15 is 0 Å². The van der Waals surface area contributed by atoms with E-state index in [0.29, 0.717) is 11.3 Å². The summed E-state index contributed by atoms with van der Waals surface area (Å²) in [6.07, 6.45) is 5.07. The maximum atomic E-state index is 12.3. The van der Waals surface area contributed by atoms with E-state index in [9.17, 15) is 4.79 Å². The van der Waals surface area contributed by atoms with Gasteiger partial charge >= 0.3 is 0 Å². The molecule has 0 aliphatic carbocycles. The van der Waals surface area contributed by atoms with Gasteiger partial charge in [0.05, 0.1) is 19.2 Å². The van der Waals surface area contributed by atoms with E-state index in [1.807, 2.05) is 19.9 Å². The number of hydrogen-bond acceptors (Lipinski definition) is 4. The molecule has 2 rings (SSSR count). The number of ketones is 1. The van der Waals surface area contributed by atoms with Crippen LogP contribution in [0.3, 0.4) is 0 Å². The standard InChI is InChI=1S/C15H16N2O2/c1-10-11(2)15(19-3)5-4-13(10)14(18)8-12-9-16-6-7-17-12/h4-7,9H,8H2,1-3H3. The molecule has 0 N–H and O–H groups in total. The molecule has 19 heavy (non-hydrogen) atoms. The summed E-state index contributed by atoms with van der Waals surface area (Å²) in [5.74, 6) is 0.845. The number of hydrogen-bond donors (Lipinski definition) is 0. The maximum Gasteiger partial charge on any atom is 0.169 e. The Morgan fingerprint density at radius 3 is 2.63 bits per heavy atom. The van der Waals surface area contributed by atoms with Crippen LogP contribution < -0.4 is 4.74 Å². The predicted octanol–water partition coefficient (Wildman–Crippen LogP) is 2.53. The van der Waals surface area contributed by atoms with E-state index in [4.69, 9.17) is 4.74 Å². The van der Waals surface area contributed by atoms with Crippen LogP contribution in [0.25, 0.3) is 0 Å². The van der Waals surface area contributed by atoms with Crippen LogP contribution in [-0.4, -0.2) is 22.9 Å². The van der Waals surface area contributed by atoms with Gasteiger partial charge in [0.1, 0.15) is 5.75 Å². The minimum atomic E-state index is 0.0451. The second kappa shape index (κ2) is 5.61. The summed E-state index contributed by atoms with van der Waals surface area (Å²) in [4.78, 5) is 20.4. The van der Waals surface area contributed by atoms with Crippen molar-refractivity contribution in [2.24, 2.45) is 0 Å². The number of ether oxygens (including phenoxy) is 1. The van der Waals surface area contributed by atoms with Crippen LogP contribution in [0.15, 0.2) is 30.7 Å². The highest BCUT2D eigenvalue weighted by atomic mass is 16.5. The molecule has 0 unspecified atom stereocenters. The Labute approximate surface area is 112 Å². The van der Waals surface area contributed by atoms with Gasteiger partial charge in [-0.15, -0.1) is 0 Å². The van der Waals surface area contributed by atoms with E-state index in [-0.39, 0.29) is 12.2 Å². The van der Waals surface area contributed by atoms with E-state index in [1.165, 1.54) is 0 Å². The largest absolute Gasteiger partial charge is 0.496 e. The molecule has 0 spiro atoms. The lowest BCUT2D eigenvalue weighted by Gasteiger charge is -2.11. The molecule has 0 bridgehead atoms. The zero-order chi connectivity index (χ0) is 13.8. The van der Waals surface area contributed by atoms with Crippen LogP contribution in [-0.2, 0) is 6.42 Å². The van der Waals surface area contributed by atoms with Crippen LogP contribution in [0.1, 0.15) is 27.2 Å². The van der Waals surface area contributed by atoms with Crippen molar-refractivity contribution >= 4 is 5.78 Å². The van der Waals surface area contributed by atoms with Gasteiger partial charge in [0.2, 0.25) is 0 Å². The predicted molar refractivity (Wildman–Crippen MR) is 72.5 cm³/mol. The van der Waals surface area contributed by atoms with Crippen molar-refractivity contribution in [3.05, 3.63) is 53.1 Å². The molecule has 1 aromatic heterocycles. The van der Waals surface area contributed by atoms with Crippen LogP contribution in [0.4, 0.5) is 0 Å². The third-order valence-corrected chi connectivity index (χ3v) is 3.22. The molecule has 1 heterocycles. The molecular formula is C15H16N2O2. The molecule has 2 aromatic rings. The summed E-state index contributed by atoms with van der Waals surface area (Å²) >= 11 is 0. The number of Topliss-reactive ketones (excluding diaryl/α,β-unsaturated/α-hetero) is 1. The van der Waals surface area contributed by atoms with Gasteiger partial charge in [-0.2, -0.15) is 0 Å². The Morgan fingerprint density at radius 1 is 1.21 bits per heavy atom. The van der Waals surface area contributed by atoms with E-state index in [2.05, 4.69) is 9.97 Å². The number of methoxy groups -OCH3 is 1. The first-order valence-electron chi connectivity index (χ1n) is 6.05. The fourth-order valence-electron chi connectivity index (χ4n) is 2.00. The maximum absolute atomic E-state index is 12.3. The van der Waals surface area contributed by atoms with E-state index < -0.39 is 0 Å². The monoisotopic (exact) mass is 256 g/mol. The SMILES string of the molecule is COc1ccc(C(=O)Cc2cnccn2)c(C)c1C. The van der Waals surface area contributed by atoms with Crippen molar-refractivity contribution in [1.29, 1.82) is 0 Å². The van der Waals surface area contributed by atoms with Crippen molar-refractivity contribution in [2.45, 2.75) is 20.3 Å².